The van der Waals surface area contributed by atoms with Crippen LogP contribution < -0.4 is 15.5 Å². The molecule has 29 heavy (non-hydrogen) atoms. The number of carbonyl (C=O) groups is 1. The number of carbonyl (C=O) groups excluding carboxylic acids is 1. The van der Waals surface area contributed by atoms with Crippen molar-refractivity contribution in [2.75, 3.05) is 23.3 Å². The third kappa shape index (κ3) is 5.41. The zero-order chi connectivity index (χ0) is 20.8. The van der Waals surface area contributed by atoms with Gasteiger partial charge in [-0.15, -0.1) is 0 Å². The van der Waals surface area contributed by atoms with Gasteiger partial charge >= 0.3 is 0 Å². The summed E-state index contributed by atoms with van der Waals surface area (Å²) in [5.74, 6) is 0.615. The molecule has 0 bridgehead atoms. The quantitative estimate of drug-likeness (QED) is 0.746. The lowest BCUT2D eigenvalue weighted by Crippen LogP contribution is -2.35. The van der Waals surface area contributed by atoms with Crippen LogP contribution in [0.2, 0.25) is 0 Å². The normalized spacial score (nSPS) is 15.8. The van der Waals surface area contributed by atoms with E-state index < -0.39 is 5.82 Å². The molecule has 0 aliphatic carbocycles. The minimum absolute atomic E-state index is 0.0323. The largest absolute Gasteiger partial charge is 0.354 e. The Balaban J connectivity index is 1.84. The summed E-state index contributed by atoms with van der Waals surface area (Å²) in [6.07, 6.45) is 3.76. The number of nitrogens with zero attached hydrogens (tertiary/aromatic N) is 4. The van der Waals surface area contributed by atoms with E-state index in [1.165, 1.54) is 19.1 Å². The Kier molecular flexibility index (Phi) is 6.60. The summed E-state index contributed by atoms with van der Waals surface area (Å²) >= 11 is 0. The van der Waals surface area contributed by atoms with Crippen molar-refractivity contribution in [2.24, 2.45) is 0 Å². The Morgan fingerprint density at radius 3 is 2.93 bits per heavy atom. The molecule has 2 aromatic rings. The van der Waals surface area contributed by atoms with Crippen LogP contribution in [0, 0.1) is 17.1 Å². The molecule has 1 amide bonds. The van der Waals surface area contributed by atoms with Crippen molar-refractivity contribution in [3.05, 3.63) is 41.3 Å². The number of unbranched alkanes of at least 4 members (excludes halogenated alkanes) is 1. The number of benzene rings is 1. The minimum atomic E-state index is -0.558. The van der Waals surface area contributed by atoms with Gasteiger partial charge in [0.15, 0.2) is 0 Å². The molecule has 1 aliphatic heterocycles. The van der Waals surface area contributed by atoms with Gasteiger partial charge in [-0.25, -0.2) is 9.37 Å². The Hall–Kier alpha value is -3.21. The van der Waals surface area contributed by atoms with Crippen LogP contribution in [0.4, 0.5) is 21.8 Å². The predicted octanol–water partition coefficient (Wildman–Crippen LogP) is 3.29. The molecule has 1 fully saturated rings. The van der Waals surface area contributed by atoms with Gasteiger partial charge < -0.3 is 15.5 Å². The monoisotopic (exact) mass is 396 g/mol. The number of rotatable bonds is 7. The summed E-state index contributed by atoms with van der Waals surface area (Å²) in [4.78, 5) is 22.7. The van der Waals surface area contributed by atoms with Crippen LogP contribution in [0.3, 0.4) is 0 Å². The Labute approximate surface area is 170 Å². The Morgan fingerprint density at radius 2 is 2.21 bits per heavy atom. The first-order valence-corrected chi connectivity index (χ1v) is 9.85. The summed E-state index contributed by atoms with van der Waals surface area (Å²) in [6, 6.07) is 8.18. The lowest BCUT2D eigenvalue weighted by Gasteiger charge is -2.19. The molecule has 1 atom stereocenters. The molecule has 0 spiro atoms. The summed E-state index contributed by atoms with van der Waals surface area (Å²) in [7, 11) is 0. The average Bonchev–Trinajstić information content (AvgIpc) is 3.15. The Bertz CT molecular complexity index is 926. The average molecular weight is 396 g/mol. The number of hydrogen-bond donors (Lipinski definition) is 2. The lowest BCUT2D eigenvalue weighted by molar-refractivity contribution is -0.119. The third-order valence-electron chi connectivity index (χ3n) is 4.81. The van der Waals surface area contributed by atoms with Crippen LogP contribution in [-0.4, -0.2) is 35.0 Å². The zero-order valence-electron chi connectivity index (χ0n) is 16.7. The van der Waals surface area contributed by atoms with Gasteiger partial charge in [0, 0.05) is 43.5 Å². The second kappa shape index (κ2) is 9.32. The first-order chi connectivity index (χ1) is 14.0. The molecule has 2 heterocycles. The van der Waals surface area contributed by atoms with Gasteiger partial charge in [0.2, 0.25) is 11.9 Å². The first kappa shape index (κ1) is 20.5. The van der Waals surface area contributed by atoms with Gasteiger partial charge in [0.05, 0.1) is 5.56 Å². The number of halogens is 1. The van der Waals surface area contributed by atoms with E-state index in [1.807, 2.05) is 12.1 Å². The highest BCUT2D eigenvalue weighted by molar-refractivity contribution is 5.73. The van der Waals surface area contributed by atoms with Gasteiger partial charge in [-0.05, 0) is 37.5 Å². The molecular weight excluding hydrogens is 371 g/mol. The fourth-order valence-electron chi connectivity index (χ4n) is 3.38. The van der Waals surface area contributed by atoms with Crippen molar-refractivity contribution >= 4 is 23.4 Å². The number of hydrogen-bond acceptors (Lipinski definition) is 6. The SMILES string of the molecule is CCCCc1cc(N2CC[C@H](NC(C)=O)C2)nc(Nc2ccc(F)c(C#N)c2)n1. The van der Waals surface area contributed by atoms with E-state index in [9.17, 15) is 9.18 Å². The van der Waals surface area contributed by atoms with Crippen molar-refractivity contribution in [3.8, 4) is 6.07 Å². The second-order valence-corrected chi connectivity index (χ2v) is 7.21. The van der Waals surface area contributed by atoms with Crippen LogP contribution in [0.25, 0.3) is 0 Å². The summed E-state index contributed by atoms with van der Waals surface area (Å²) < 4.78 is 13.6. The van der Waals surface area contributed by atoms with Crippen LogP contribution >= 0.6 is 0 Å². The van der Waals surface area contributed by atoms with E-state index in [0.29, 0.717) is 18.2 Å². The molecule has 8 heteroatoms. The number of nitrogens with one attached hydrogen (secondary N) is 2. The van der Waals surface area contributed by atoms with Gasteiger partial charge in [-0.1, -0.05) is 13.3 Å². The maximum Gasteiger partial charge on any atom is 0.229 e. The second-order valence-electron chi connectivity index (χ2n) is 7.21. The van der Waals surface area contributed by atoms with Crippen LogP contribution in [0.1, 0.15) is 44.4 Å². The molecule has 152 valence electrons. The summed E-state index contributed by atoms with van der Waals surface area (Å²) in [6.45, 7) is 5.14. The zero-order valence-corrected chi connectivity index (χ0v) is 16.7. The molecule has 2 N–H and O–H groups in total. The number of anilines is 3. The van der Waals surface area contributed by atoms with Crippen molar-refractivity contribution in [3.63, 3.8) is 0 Å². The molecule has 0 unspecified atom stereocenters. The number of amides is 1. The Morgan fingerprint density at radius 1 is 1.38 bits per heavy atom. The number of nitriles is 1. The van der Waals surface area contributed by atoms with Gasteiger partial charge in [0.1, 0.15) is 17.7 Å². The number of aromatic nitrogens is 2. The van der Waals surface area contributed by atoms with Crippen molar-refractivity contribution in [2.45, 2.75) is 45.6 Å². The highest BCUT2D eigenvalue weighted by atomic mass is 19.1. The summed E-state index contributed by atoms with van der Waals surface area (Å²) in [5.41, 5.74) is 1.44. The molecule has 3 rings (SSSR count). The fourth-order valence-corrected chi connectivity index (χ4v) is 3.38. The standard InChI is InChI=1S/C21H25FN6O/c1-3-4-5-16-11-20(28-9-8-18(13-28)24-14(2)29)27-21(25-16)26-17-6-7-19(22)15(10-17)12-23/h6-7,10-11,18H,3-5,8-9,13H2,1-2H3,(H,24,29)(H,25,26,27)/t18-/m0/s1. The highest BCUT2D eigenvalue weighted by Crippen LogP contribution is 2.24. The van der Waals surface area contributed by atoms with E-state index in [4.69, 9.17) is 5.26 Å². The molecule has 1 aromatic heterocycles. The molecule has 0 saturated carbocycles. The molecule has 1 saturated heterocycles. The van der Waals surface area contributed by atoms with Crippen molar-refractivity contribution in [1.82, 2.24) is 15.3 Å². The smallest absolute Gasteiger partial charge is 0.229 e. The molecular formula is C21H25FN6O. The van der Waals surface area contributed by atoms with Crippen molar-refractivity contribution < 1.29 is 9.18 Å². The first-order valence-electron chi connectivity index (χ1n) is 9.85. The maximum atomic E-state index is 13.6. The van der Waals surface area contributed by atoms with E-state index in [1.54, 1.807) is 6.07 Å². The molecule has 1 aromatic carbocycles. The van der Waals surface area contributed by atoms with Crippen LogP contribution in [0.5, 0.6) is 0 Å². The van der Waals surface area contributed by atoms with Crippen LogP contribution in [0.15, 0.2) is 24.3 Å². The van der Waals surface area contributed by atoms with Gasteiger partial charge in [-0.2, -0.15) is 10.2 Å². The molecule has 1 aliphatic rings. The van der Waals surface area contributed by atoms with Gasteiger partial charge in [0.25, 0.3) is 0 Å². The lowest BCUT2D eigenvalue weighted by atomic mass is 10.2. The number of aryl methyl sites for hydroxylation is 1. The fraction of sp³-hybridized carbons (Fsp3) is 0.429. The van der Waals surface area contributed by atoms with E-state index in [2.05, 4.69) is 32.4 Å². The minimum Gasteiger partial charge on any atom is -0.354 e. The maximum absolute atomic E-state index is 13.6. The predicted molar refractivity (Wildman–Crippen MR) is 109 cm³/mol. The van der Waals surface area contributed by atoms with E-state index in [-0.39, 0.29) is 17.5 Å². The van der Waals surface area contributed by atoms with Crippen molar-refractivity contribution in [1.29, 1.82) is 5.26 Å². The van der Waals surface area contributed by atoms with E-state index in [0.717, 1.165) is 43.7 Å². The molecule has 0 radical (unpaired) electrons. The van der Waals surface area contributed by atoms with Gasteiger partial charge in [-0.3, -0.25) is 4.79 Å². The van der Waals surface area contributed by atoms with E-state index >= 15 is 0 Å². The van der Waals surface area contributed by atoms with Crippen LogP contribution in [-0.2, 0) is 11.2 Å². The topological polar surface area (TPSA) is 93.9 Å². The summed E-state index contributed by atoms with van der Waals surface area (Å²) in [5, 5.41) is 15.1. The highest BCUT2D eigenvalue weighted by Gasteiger charge is 2.25. The third-order valence-corrected chi connectivity index (χ3v) is 4.81. The molecule has 7 nitrogen and oxygen atoms in total.